The smallest absolute Gasteiger partial charge is 0.183 e. The Kier molecular flexibility index (Phi) is 10.6. The summed E-state index contributed by atoms with van der Waals surface area (Å²) < 4.78 is 17.2. The minimum absolute atomic E-state index is 0.0847. The van der Waals surface area contributed by atoms with Gasteiger partial charge < -0.3 is 30.5 Å². The first-order valence-electron chi connectivity index (χ1n) is 13.1. The molecule has 1 aliphatic rings. The Bertz CT molecular complexity index is 1150. The maximum absolute atomic E-state index is 8.72. The Hall–Kier alpha value is -3.34. The van der Waals surface area contributed by atoms with Crippen molar-refractivity contribution in [2.45, 2.75) is 25.7 Å². The van der Waals surface area contributed by atoms with Crippen molar-refractivity contribution in [3.8, 4) is 22.8 Å². The molecule has 1 saturated heterocycles. The summed E-state index contributed by atoms with van der Waals surface area (Å²) in [5.74, 6) is 1.72. The van der Waals surface area contributed by atoms with E-state index >= 15 is 0 Å². The van der Waals surface area contributed by atoms with Crippen molar-refractivity contribution in [2.75, 3.05) is 58.4 Å². The number of thiazole rings is 1. The van der Waals surface area contributed by atoms with Crippen LogP contribution < -0.4 is 20.5 Å². The van der Waals surface area contributed by atoms with Gasteiger partial charge in [0, 0.05) is 42.7 Å². The van der Waals surface area contributed by atoms with E-state index in [-0.39, 0.29) is 5.84 Å². The number of morpholine rings is 1. The van der Waals surface area contributed by atoms with Crippen LogP contribution in [0.5, 0.6) is 11.5 Å². The molecule has 38 heavy (non-hydrogen) atoms. The molecular formula is C28H37N5O4S. The van der Waals surface area contributed by atoms with Crippen molar-refractivity contribution in [2.24, 2.45) is 10.9 Å². The van der Waals surface area contributed by atoms with Crippen LogP contribution in [0.2, 0.25) is 0 Å². The zero-order valence-corrected chi connectivity index (χ0v) is 22.7. The maximum Gasteiger partial charge on any atom is 0.183 e. The van der Waals surface area contributed by atoms with Crippen LogP contribution in [-0.2, 0) is 11.2 Å². The molecule has 1 aromatic heterocycles. The zero-order valence-electron chi connectivity index (χ0n) is 21.9. The monoisotopic (exact) mass is 539 g/mol. The molecule has 1 aliphatic heterocycles. The minimum atomic E-state index is 0.0847. The largest absolute Gasteiger partial charge is 0.494 e. The minimum Gasteiger partial charge on any atom is -0.494 e. The predicted molar refractivity (Wildman–Crippen MR) is 152 cm³/mol. The molecule has 0 aliphatic carbocycles. The van der Waals surface area contributed by atoms with Crippen molar-refractivity contribution >= 4 is 22.3 Å². The maximum atomic E-state index is 8.72. The highest BCUT2D eigenvalue weighted by atomic mass is 32.1. The number of nitrogens with zero attached hydrogens (tertiary/aromatic N) is 3. The summed E-state index contributed by atoms with van der Waals surface area (Å²) in [4.78, 5) is 8.58. The summed E-state index contributed by atoms with van der Waals surface area (Å²) in [6, 6.07) is 15.4. The lowest BCUT2D eigenvalue weighted by Gasteiger charge is -2.26. The van der Waals surface area contributed by atoms with E-state index < -0.39 is 0 Å². The van der Waals surface area contributed by atoms with E-state index in [1.54, 1.807) is 23.5 Å². The summed E-state index contributed by atoms with van der Waals surface area (Å²) in [5.41, 5.74) is 8.40. The molecule has 2 heterocycles. The van der Waals surface area contributed by atoms with Crippen LogP contribution >= 0.6 is 11.3 Å². The number of unbranched alkanes of at least 4 members (excludes halogenated alkanes) is 2. The van der Waals surface area contributed by atoms with Crippen LogP contribution in [0.15, 0.2) is 53.7 Å². The highest BCUT2D eigenvalue weighted by Crippen LogP contribution is 2.32. The summed E-state index contributed by atoms with van der Waals surface area (Å²) >= 11 is 1.73. The molecule has 9 nitrogen and oxygen atoms in total. The number of aromatic nitrogens is 1. The van der Waals surface area contributed by atoms with E-state index in [4.69, 9.17) is 30.1 Å². The molecule has 1 fully saturated rings. The van der Waals surface area contributed by atoms with Gasteiger partial charge in [0.25, 0.3) is 0 Å². The molecule has 4 N–H and O–H groups in total. The lowest BCUT2D eigenvalue weighted by molar-refractivity contribution is 0.0385. The molecule has 0 bridgehead atoms. The van der Waals surface area contributed by atoms with E-state index in [0.29, 0.717) is 18.8 Å². The normalized spacial score (nSPS) is 14.4. The standard InChI is InChI=1S/C28H37N5O4S/c1-30-28-31-26(25(38-28)13-14-33-15-19-35-20-16-33)21-5-9-23(10-6-21)36-17-3-2-4-18-37-24-11-7-22(8-12-24)27(29)32-34/h5-12,34H,2-4,13-20H2,1H3,(H2,29,32)(H,30,31). The Balaban J connectivity index is 1.17. The van der Waals surface area contributed by atoms with Crippen molar-refractivity contribution in [3.63, 3.8) is 0 Å². The van der Waals surface area contributed by atoms with Crippen molar-refractivity contribution in [3.05, 3.63) is 59.0 Å². The number of anilines is 1. The van der Waals surface area contributed by atoms with Crippen LogP contribution in [-0.4, -0.2) is 74.0 Å². The molecule has 3 aromatic rings. The molecule has 4 rings (SSSR count). The Morgan fingerprint density at radius 1 is 1.03 bits per heavy atom. The van der Waals surface area contributed by atoms with Gasteiger partial charge in [-0.3, -0.25) is 4.90 Å². The molecule has 2 aromatic carbocycles. The Labute approximate surface area is 228 Å². The molecule has 0 spiro atoms. The van der Waals surface area contributed by atoms with Gasteiger partial charge in [-0.15, -0.1) is 11.3 Å². The SMILES string of the molecule is CNc1nc(-c2ccc(OCCCCCOc3ccc(C(N)=NO)cc3)cc2)c(CCN2CCOCC2)s1. The van der Waals surface area contributed by atoms with Gasteiger partial charge in [-0.2, -0.15) is 0 Å². The summed E-state index contributed by atoms with van der Waals surface area (Å²) in [6.45, 7) is 5.96. The quantitative estimate of drug-likeness (QED) is 0.0905. The lowest BCUT2D eigenvalue weighted by Crippen LogP contribution is -2.37. The summed E-state index contributed by atoms with van der Waals surface area (Å²) in [6.07, 6.45) is 3.89. The number of oxime groups is 1. The number of hydrogen-bond donors (Lipinski definition) is 3. The molecule has 0 radical (unpaired) electrons. The fourth-order valence-corrected chi connectivity index (χ4v) is 5.11. The van der Waals surface area contributed by atoms with Gasteiger partial charge >= 0.3 is 0 Å². The van der Waals surface area contributed by atoms with Crippen LogP contribution in [0.3, 0.4) is 0 Å². The average molecular weight is 540 g/mol. The number of benzene rings is 2. The fourth-order valence-electron chi connectivity index (χ4n) is 4.19. The third kappa shape index (κ3) is 8.08. The lowest BCUT2D eigenvalue weighted by atomic mass is 10.1. The highest BCUT2D eigenvalue weighted by Gasteiger charge is 2.16. The molecule has 0 unspecified atom stereocenters. The van der Waals surface area contributed by atoms with Gasteiger partial charge in [-0.1, -0.05) is 5.16 Å². The third-order valence-electron chi connectivity index (χ3n) is 6.38. The number of hydrogen-bond acceptors (Lipinski definition) is 9. The van der Waals surface area contributed by atoms with Crippen molar-refractivity contribution in [1.29, 1.82) is 0 Å². The van der Waals surface area contributed by atoms with Gasteiger partial charge in [0.1, 0.15) is 11.5 Å². The van der Waals surface area contributed by atoms with Crippen LogP contribution in [0.4, 0.5) is 5.13 Å². The molecular weight excluding hydrogens is 502 g/mol. The Morgan fingerprint density at radius 3 is 2.26 bits per heavy atom. The first-order valence-corrected chi connectivity index (χ1v) is 13.9. The van der Waals surface area contributed by atoms with Crippen molar-refractivity contribution < 1.29 is 19.4 Å². The van der Waals surface area contributed by atoms with Gasteiger partial charge in [-0.25, -0.2) is 4.98 Å². The zero-order chi connectivity index (χ0) is 26.6. The van der Waals surface area contributed by atoms with E-state index in [2.05, 4.69) is 27.5 Å². The fraction of sp³-hybridized carbons (Fsp3) is 0.429. The van der Waals surface area contributed by atoms with Gasteiger partial charge in [-0.05, 0) is 74.2 Å². The molecule has 204 valence electrons. The van der Waals surface area contributed by atoms with E-state index in [1.807, 2.05) is 31.3 Å². The molecule has 0 saturated carbocycles. The average Bonchev–Trinajstić information content (AvgIpc) is 3.40. The highest BCUT2D eigenvalue weighted by molar-refractivity contribution is 7.16. The second-order valence-electron chi connectivity index (χ2n) is 9.04. The van der Waals surface area contributed by atoms with Crippen LogP contribution in [0.25, 0.3) is 11.3 Å². The summed E-state index contributed by atoms with van der Waals surface area (Å²) in [7, 11) is 1.92. The third-order valence-corrected chi connectivity index (χ3v) is 7.51. The number of amidine groups is 1. The second kappa shape index (κ2) is 14.6. The number of nitrogens with one attached hydrogen (secondary N) is 1. The Morgan fingerprint density at radius 2 is 1.66 bits per heavy atom. The van der Waals surface area contributed by atoms with E-state index in [1.165, 1.54) is 4.88 Å². The molecule has 0 amide bonds. The molecule has 10 heteroatoms. The van der Waals surface area contributed by atoms with Crippen LogP contribution in [0, 0.1) is 0 Å². The van der Waals surface area contributed by atoms with Crippen molar-refractivity contribution in [1.82, 2.24) is 9.88 Å². The van der Waals surface area contributed by atoms with E-state index in [9.17, 15) is 0 Å². The summed E-state index contributed by atoms with van der Waals surface area (Å²) in [5, 5.41) is 15.9. The number of ether oxygens (including phenoxy) is 3. The second-order valence-corrected chi connectivity index (χ2v) is 10.1. The number of nitrogens with two attached hydrogens (primary N) is 1. The first-order chi connectivity index (χ1) is 18.7. The first kappa shape index (κ1) is 27.7. The number of rotatable bonds is 14. The van der Waals surface area contributed by atoms with Gasteiger partial charge in [0.2, 0.25) is 0 Å². The predicted octanol–water partition coefficient (Wildman–Crippen LogP) is 4.45. The van der Waals surface area contributed by atoms with Gasteiger partial charge in [0.15, 0.2) is 11.0 Å². The van der Waals surface area contributed by atoms with Crippen LogP contribution in [0.1, 0.15) is 29.7 Å². The van der Waals surface area contributed by atoms with E-state index in [0.717, 1.165) is 86.4 Å². The van der Waals surface area contributed by atoms with Gasteiger partial charge in [0.05, 0.1) is 32.1 Å². The molecule has 0 atom stereocenters. The topological polar surface area (TPSA) is 114 Å².